The predicted molar refractivity (Wildman–Crippen MR) is 49.4 cm³/mol. The molecule has 0 bridgehead atoms. The number of nitrogens with one attached hydrogen (secondary N) is 1. The van der Waals surface area contributed by atoms with E-state index in [-0.39, 0.29) is 6.04 Å². The lowest BCUT2D eigenvalue weighted by molar-refractivity contribution is 0.377. The molecule has 0 aliphatic rings. The van der Waals surface area contributed by atoms with Gasteiger partial charge in [-0.25, -0.2) is 0 Å². The van der Waals surface area contributed by atoms with Gasteiger partial charge in [0.2, 0.25) is 0 Å². The number of hydrogen-bond acceptors (Lipinski definition) is 5. The van der Waals surface area contributed by atoms with Crippen molar-refractivity contribution in [3.05, 3.63) is 11.9 Å². The summed E-state index contributed by atoms with van der Waals surface area (Å²) in [5.41, 5.74) is 3.70. The maximum absolute atomic E-state index is 5.43. The summed E-state index contributed by atoms with van der Waals surface area (Å²) >= 11 is 1.22. The molecule has 0 aliphatic carbocycles. The van der Waals surface area contributed by atoms with E-state index < -0.39 is 0 Å². The Morgan fingerprint density at radius 1 is 1.75 bits per heavy atom. The van der Waals surface area contributed by atoms with Crippen LogP contribution in [0.5, 0.6) is 0 Å². The summed E-state index contributed by atoms with van der Waals surface area (Å²) in [4.78, 5) is 0. The highest BCUT2D eigenvalue weighted by atomic mass is 32.1. The van der Waals surface area contributed by atoms with Crippen molar-refractivity contribution in [3.63, 3.8) is 0 Å². The van der Waals surface area contributed by atoms with Crippen molar-refractivity contribution in [3.8, 4) is 0 Å². The van der Waals surface area contributed by atoms with Gasteiger partial charge in [-0.3, -0.25) is 11.3 Å². The van der Waals surface area contributed by atoms with Crippen LogP contribution in [0.2, 0.25) is 0 Å². The minimum atomic E-state index is 0.133. The molecule has 2 atom stereocenters. The second-order valence-corrected chi connectivity index (χ2v) is 3.42. The summed E-state index contributed by atoms with van der Waals surface area (Å²) in [6.45, 7) is 4.28. The van der Waals surface area contributed by atoms with E-state index in [1.165, 1.54) is 11.7 Å². The van der Waals surface area contributed by atoms with E-state index in [1.807, 2.05) is 0 Å². The number of nitrogens with zero attached hydrogens (tertiary/aromatic N) is 2. The zero-order chi connectivity index (χ0) is 8.97. The van der Waals surface area contributed by atoms with Gasteiger partial charge in [-0.2, -0.15) is 8.75 Å². The normalized spacial score (nSPS) is 15.9. The number of rotatable bonds is 4. The first-order chi connectivity index (χ1) is 5.79. The van der Waals surface area contributed by atoms with E-state index in [4.69, 9.17) is 5.84 Å². The molecule has 0 radical (unpaired) electrons. The highest BCUT2D eigenvalue weighted by molar-refractivity contribution is 6.99. The van der Waals surface area contributed by atoms with Crippen molar-refractivity contribution < 1.29 is 0 Å². The monoisotopic (exact) mass is 186 g/mol. The fraction of sp³-hybridized carbons (Fsp3) is 0.714. The van der Waals surface area contributed by atoms with Crippen LogP contribution in [0.15, 0.2) is 6.20 Å². The van der Waals surface area contributed by atoms with Crippen molar-refractivity contribution in [1.82, 2.24) is 14.2 Å². The summed E-state index contributed by atoms with van der Waals surface area (Å²) in [5.74, 6) is 5.91. The molecular weight excluding hydrogens is 172 g/mol. The van der Waals surface area contributed by atoms with E-state index in [0.717, 1.165) is 12.1 Å². The molecule has 0 aromatic carbocycles. The molecule has 0 spiro atoms. The second-order valence-electron chi connectivity index (χ2n) is 2.86. The number of hydrazine groups is 1. The van der Waals surface area contributed by atoms with Crippen LogP contribution in [0, 0.1) is 5.92 Å². The molecule has 2 unspecified atom stereocenters. The van der Waals surface area contributed by atoms with E-state index in [1.54, 1.807) is 6.20 Å². The van der Waals surface area contributed by atoms with Crippen LogP contribution in [-0.2, 0) is 0 Å². The van der Waals surface area contributed by atoms with Crippen molar-refractivity contribution in [2.45, 2.75) is 26.3 Å². The zero-order valence-corrected chi connectivity index (χ0v) is 8.14. The lowest BCUT2D eigenvalue weighted by Gasteiger charge is -2.19. The van der Waals surface area contributed by atoms with Gasteiger partial charge in [0.1, 0.15) is 0 Å². The standard InChI is InChI=1S/C7H14N4S/c1-3-5(2)7(10-8)6-4-9-12-11-6/h4-5,7,10H,3,8H2,1-2H3. The molecule has 1 aromatic heterocycles. The van der Waals surface area contributed by atoms with Crippen molar-refractivity contribution in [1.29, 1.82) is 0 Å². The van der Waals surface area contributed by atoms with Crippen LogP contribution in [0.3, 0.4) is 0 Å². The zero-order valence-electron chi connectivity index (χ0n) is 7.32. The number of aromatic nitrogens is 2. The first kappa shape index (κ1) is 9.57. The molecule has 68 valence electrons. The minimum absolute atomic E-state index is 0.133. The van der Waals surface area contributed by atoms with Crippen LogP contribution >= 0.6 is 11.7 Å². The van der Waals surface area contributed by atoms with Crippen molar-refractivity contribution in [2.24, 2.45) is 11.8 Å². The molecule has 1 rings (SSSR count). The molecule has 0 aliphatic heterocycles. The Morgan fingerprint density at radius 2 is 2.50 bits per heavy atom. The van der Waals surface area contributed by atoms with Crippen molar-refractivity contribution in [2.75, 3.05) is 0 Å². The average Bonchev–Trinajstić information content (AvgIpc) is 2.58. The molecular formula is C7H14N4S. The van der Waals surface area contributed by atoms with Crippen molar-refractivity contribution >= 4 is 11.7 Å². The Morgan fingerprint density at radius 3 is 2.92 bits per heavy atom. The lowest BCUT2D eigenvalue weighted by atomic mass is 9.98. The Labute approximate surface area is 76.5 Å². The highest BCUT2D eigenvalue weighted by Gasteiger charge is 2.18. The quantitative estimate of drug-likeness (QED) is 0.545. The molecule has 4 nitrogen and oxygen atoms in total. The fourth-order valence-electron chi connectivity index (χ4n) is 1.09. The van der Waals surface area contributed by atoms with Crippen LogP contribution in [-0.4, -0.2) is 8.75 Å². The number of hydrogen-bond donors (Lipinski definition) is 2. The summed E-state index contributed by atoms with van der Waals surface area (Å²) in [6, 6.07) is 0.133. The van der Waals surface area contributed by atoms with Gasteiger partial charge >= 0.3 is 0 Å². The molecule has 1 heterocycles. The van der Waals surface area contributed by atoms with E-state index in [0.29, 0.717) is 5.92 Å². The van der Waals surface area contributed by atoms with Crippen LogP contribution in [0.4, 0.5) is 0 Å². The van der Waals surface area contributed by atoms with Gasteiger partial charge in [-0.1, -0.05) is 20.3 Å². The fourth-order valence-corrected chi connectivity index (χ4v) is 1.54. The molecule has 5 heteroatoms. The smallest absolute Gasteiger partial charge is 0.0928 e. The average molecular weight is 186 g/mol. The van der Waals surface area contributed by atoms with Gasteiger partial charge < -0.3 is 0 Å². The van der Waals surface area contributed by atoms with Gasteiger partial charge in [0.05, 0.1) is 29.7 Å². The molecule has 0 amide bonds. The topological polar surface area (TPSA) is 63.8 Å². The summed E-state index contributed by atoms with van der Waals surface area (Å²) in [6.07, 6.45) is 2.84. The van der Waals surface area contributed by atoms with E-state index in [9.17, 15) is 0 Å². The predicted octanol–water partition coefficient (Wildman–Crippen LogP) is 1.09. The molecule has 0 saturated heterocycles. The maximum Gasteiger partial charge on any atom is 0.0928 e. The van der Waals surface area contributed by atoms with Gasteiger partial charge in [0, 0.05) is 0 Å². The third-order valence-corrected chi connectivity index (χ3v) is 2.58. The first-order valence-electron chi connectivity index (χ1n) is 4.03. The van der Waals surface area contributed by atoms with E-state index >= 15 is 0 Å². The highest BCUT2D eigenvalue weighted by Crippen LogP contribution is 2.21. The Bertz CT molecular complexity index is 211. The third-order valence-electron chi connectivity index (χ3n) is 2.09. The summed E-state index contributed by atoms with van der Waals surface area (Å²) in [5, 5.41) is 0. The van der Waals surface area contributed by atoms with Crippen LogP contribution < -0.4 is 11.3 Å². The van der Waals surface area contributed by atoms with Gasteiger partial charge in [0.25, 0.3) is 0 Å². The summed E-state index contributed by atoms with van der Waals surface area (Å²) in [7, 11) is 0. The van der Waals surface area contributed by atoms with Crippen LogP contribution in [0.25, 0.3) is 0 Å². The van der Waals surface area contributed by atoms with Gasteiger partial charge in [-0.15, -0.1) is 0 Å². The molecule has 12 heavy (non-hydrogen) atoms. The lowest BCUT2D eigenvalue weighted by Crippen LogP contribution is -2.32. The Balaban J connectivity index is 2.69. The largest absolute Gasteiger partial charge is 0.271 e. The molecule has 0 fully saturated rings. The van der Waals surface area contributed by atoms with Gasteiger partial charge in [-0.05, 0) is 5.92 Å². The SMILES string of the molecule is CCC(C)C(NN)c1cnsn1. The molecule has 0 saturated carbocycles. The molecule has 1 aromatic rings. The summed E-state index contributed by atoms with van der Waals surface area (Å²) < 4.78 is 8.09. The minimum Gasteiger partial charge on any atom is -0.271 e. The number of nitrogens with two attached hydrogens (primary N) is 1. The third kappa shape index (κ3) is 2.00. The second kappa shape index (κ2) is 4.49. The Hall–Kier alpha value is -0.520. The van der Waals surface area contributed by atoms with E-state index in [2.05, 4.69) is 28.0 Å². The first-order valence-corrected chi connectivity index (χ1v) is 4.76. The maximum atomic E-state index is 5.43. The Kier molecular flexibility index (Phi) is 3.58. The van der Waals surface area contributed by atoms with Gasteiger partial charge in [0.15, 0.2) is 0 Å². The molecule has 3 N–H and O–H groups in total. The van der Waals surface area contributed by atoms with Crippen LogP contribution in [0.1, 0.15) is 32.0 Å².